The van der Waals surface area contributed by atoms with E-state index in [0.29, 0.717) is 0 Å². The predicted molar refractivity (Wildman–Crippen MR) is 58.4 cm³/mol. The zero-order valence-electron chi connectivity index (χ0n) is 7.90. The maximum atomic E-state index is 4.21. The maximum Gasteiger partial charge on any atom is 0.0650 e. The summed E-state index contributed by atoms with van der Waals surface area (Å²) in [6.45, 7) is 0. The topological polar surface area (TPSA) is 28.1 Å². The van der Waals surface area contributed by atoms with E-state index in [-0.39, 0.29) is 0 Å². The fourth-order valence-corrected chi connectivity index (χ4v) is 1.70. The maximum absolute atomic E-state index is 4.21. The molecule has 0 radical (unpaired) electrons. The van der Waals surface area contributed by atoms with Crippen molar-refractivity contribution in [2.24, 2.45) is 4.99 Å². The van der Waals surface area contributed by atoms with Crippen LogP contribution in [-0.4, -0.2) is 11.2 Å². The summed E-state index contributed by atoms with van der Waals surface area (Å²) in [7, 11) is 0. The fourth-order valence-electron chi connectivity index (χ4n) is 1.70. The monoisotopic (exact) mass is 184 g/mol. The van der Waals surface area contributed by atoms with Gasteiger partial charge in [0.25, 0.3) is 0 Å². The van der Waals surface area contributed by atoms with Crippen LogP contribution in [0.15, 0.2) is 35.0 Å². The summed E-state index contributed by atoms with van der Waals surface area (Å²) in [6, 6.07) is 4.31. The van der Waals surface area contributed by atoms with Crippen LogP contribution in [-0.2, 0) is 0 Å². The Kier molecular flexibility index (Phi) is 1.66. The smallest absolute Gasteiger partial charge is 0.0650 e. The zero-order chi connectivity index (χ0) is 9.38. The number of hydrogen-bond donors (Lipinski definition) is 1. The van der Waals surface area contributed by atoms with Crippen LogP contribution in [0.2, 0.25) is 0 Å². The molecule has 1 aliphatic carbocycles. The van der Waals surface area contributed by atoms with Crippen LogP contribution in [0.25, 0.3) is 6.08 Å². The number of nitrogens with one attached hydrogen (secondary N) is 1. The lowest BCUT2D eigenvalue weighted by atomic mass is 10.3. The van der Waals surface area contributed by atoms with Crippen molar-refractivity contribution in [3.63, 3.8) is 0 Å². The summed E-state index contributed by atoms with van der Waals surface area (Å²) in [5.41, 5.74) is 3.56. The highest BCUT2D eigenvalue weighted by Crippen LogP contribution is 2.39. The van der Waals surface area contributed by atoms with Gasteiger partial charge >= 0.3 is 0 Å². The van der Waals surface area contributed by atoms with Gasteiger partial charge in [0.1, 0.15) is 0 Å². The highest BCUT2D eigenvalue weighted by molar-refractivity contribution is 5.79. The minimum absolute atomic E-state index is 0.796. The minimum atomic E-state index is 0.796. The van der Waals surface area contributed by atoms with Gasteiger partial charge < -0.3 is 4.98 Å². The van der Waals surface area contributed by atoms with Crippen LogP contribution in [0.3, 0.4) is 0 Å². The van der Waals surface area contributed by atoms with E-state index in [9.17, 15) is 0 Å². The first-order valence-electron chi connectivity index (χ1n) is 5.03. The Morgan fingerprint density at radius 1 is 1.36 bits per heavy atom. The molecular weight excluding hydrogens is 172 g/mol. The number of aliphatic imine (C=N–C) groups is 1. The molecule has 1 saturated carbocycles. The SMILES string of the molecule is C1=CC(=Cc2ccc(C3CC3)[nH]2)N=C1. The molecule has 3 rings (SSSR count). The van der Waals surface area contributed by atoms with Crippen molar-refractivity contribution in [2.45, 2.75) is 18.8 Å². The highest BCUT2D eigenvalue weighted by Gasteiger charge is 2.24. The van der Waals surface area contributed by atoms with E-state index in [4.69, 9.17) is 0 Å². The van der Waals surface area contributed by atoms with Gasteiger partial charge in [0.05, 0.1) is 5.70 Å². The van der Waals surface area contributed by atoms with E-state index in [1.807, 2.05) is 18.4 Å². The zero-order valence-corrected chi connectivity index (χ0v) is 7.90. The third-order valence-electron chi connectivity index (χ3n) is 2.63. The molecule has 0 saturated heterocycles. The molecule has 0 spiro atoms. The average molecular weight is 184 g/mol. The van der Waals surface area contributed by atoms with Crippen LogP contribution in [0.5, 0.6) is 0 Å². The van der Waals surface area contributed by atoms with Crippen molar-refractivity contribution in [3.8, 4) is 0 Å². The number of aromatic nitrogens is 1. The molecule has 1 fully saturated rings. The second-order valence-electron chi connectivity index (χ2n) is 3.85. The summed E-state index contributed by atoms with van der Waals surface area (Å²) < 4.78 is 0. The van der Waals surface area contributed by atoms with Crippen LogP contribution in [0.1, 0.15) is 30.1 Å². The molecule has 2 nitrogen and oxygen atoms in total. The second kappa shape index (κ2) is 2.98. The number of allylic oxidation sites excluding steroid dienone is 2. The number of H-pyrrole nitrogens is 1. The minimum Gasteiger partial charge on any atom is -0.359 e. The van der Waals surface area contributed by atoms with Crippen LogP contribution >= 0.6 is 0 Å². The Labute approximate surface area is 83.1 Å². The quantitative estimate of drug-likeness (QED) is 0.732. The van der Waals surface area contributed by atoms with E-state index < -0.39 is 0 Å². The van der Waals surface area contributed by atoms with Crippen molar-refractivity contribution in [2.75, 3.05) is 0 Å². The summed E-state index contributed by atoms with van der Waals surface area (Å²) in [5.74, 6) is 0.796. The van der Waals surface area contributed by atoms with Crippen LogP contribution < -0.4 is 0 Å². The Balaban J connectivity index is 1.85. The van der Waals surface area contributed by atoms with Gasteiger partial charge in [-0.2, -0.15) is 0 Å². The van der Waals surface area contributed by atoms with Crippen molar-refractivity contribution < 1.29 is 0 Å². The van der Waals surface area contributed by atoms with E-state index in [2.05, 4.69) is 28.2 Å². The molecule has 0 bridgehead atoms. The van der Waals surface area contributed by atoms with Crippen LogP contribution in [0, 0.1) is 0 Å². The van der Waals surface area contributed by atoms with E-state index in [1.165, 1.54) is 18.5 Å². The molecule has 2 heterocycles. The van der Waals surface area contributed by atoms with Crippen LogP contribution in [0.4, 0.5) is 0 Å². The van der Waals surface area contributed by atoms with Gasteiger partial charge in [-0.3, -0.25) is 4.99 Å². The normalized spacial score (nSPS) is 22.4. The Bertz CT molecular complexity index is 417. The Morgan fingerprint density at radius 2 is 2.29 bits per heavy atom. The number of aromatic amines is 1. The second-order valence-corrected chi connectivity index (χ2v) is 3.85. The Morgan fingerprint density at radius 3 is 3.00 bits per heavy atom. The van der Waals surface area contributed by atoms with Gasteiger partial charge in [0.2, 0.25) is 0 Å². The highest BCUT2D eigenvalue weighted by atomic mass is 14.8. The average Bonchev–Trinajstić information content (AvgIpc) is 2.75. The third kappa shape index (κ3) is 1.43. The lowest BCUT2D eigenvalue weighted by molar-refractivity contribution is 1.05. The summed E-state index contributed by atoms with van der Waals surface area (Å²) in [5, 5.41) is 0. The van der Waals surface area contributed by atoms with Gasteiger partial charge in [-0.15, -0.1) is 0 Å². The third-order valence-corrected chi connectivity index (χ3v) is 2.63. The van der Waals surface area contributed by atoms with Gasteiger partial charge in [0.15, 0.2) is 0 Å². The lowest BCUT2D eigenvalue weighted by Gasteiger charge is -1.91. The first-order valence-corrected chi connectivity index (χ1v) is 5.03. The van der Waals surface area contributed by atoms with Crippen molar-refractivity contribution >= 4 is 12.3 Å². The number of hydrogen-bond acceptors (Lipinski definition) is 1. The molecule has 70 valence electrons. The summed E-state index contributed by atoms with van der Waals surface area (Å²) in [4.78, 5) is 7.62. The first kappa shape index (κ1) is 7.80. The fraction of sp³-hybridized carbons (Fsp3) is 0.250. The van der Waals surface area contributed by atoms with Gasteiger partial charge in [0, 0.05) is 17.6 Å². The predicted octanol–water partition coefficient (Wildman–Crippen LogP) is 2.87. The molecule has 0 amide bonds. The molecule has 0 aromatic carbocycles. The van der Waals surface area contributed by atoms with Gasteiger partial charge in [-0.05, 0) is 49.1 Å². The molecule has 2 aliphatic rings. The van der Waals surface area contributed by atoms with E-state index in [0.717, 1.165) is 17.3 Å². The lowest BCUT2D eigenvalue weighted by Crippen LogP contribution is -1.78. The molecule has 1 aliphatic heterocycles. The van der Waals surface area contributed by atoms with Crippen molar-refractivity contribution in [3.05, 3.63) is 41.4 Å². The largest absolute Gasteiger partial charge is 0.359 e. The summed E-state index contributed by atoms with van der Waals surface area (Å²) in [6.07, 6.45) is 10.5. The van der Waals surface area contributed by atoms with Gasteiger partial charge in [-0.25, -0.2) is 0 Å². The number of nitrogens with zero attached hydrogens (tertiary/aromatic N) is 1. The van der Waals surface area contributed by atoms with Crippen molar-refractivity contribution in [1.82, 2.24) is 4.98 Å². The van der Waals surface area contributed by atoms with E-state index >= 15 is 0 Å². The molecule has 14 heavy (non-hydrogen) atoms. The van der Waals surface area contributed by atoms with Gasteiger partial charge in [-0.1, -0.05) is 0 Å². The van der Waals surface area contributed by atoms with Crippen molar-refractivity contribution in [1.29, 1.82) is 0 Å². The molecule has 1 N–H and O–H groups in total. The molecule has 0 unspecified atom stereocenters. The molecule has 0 atom stereocenters. The molecule has 1 aromatic rings. The Hall–Kier alpha value is -1.57. The van der Waals surface area contributed by atoms with E-state index in [1.54, 1.807) is 0 Å². The number of rotatable bonds is 2. The first-order chi connectivity index (χ1) is 6.92. The molecule has 1 aromatic heterocycles. The standard InChI is InChI=1S/C12H12N2/c1-2-10(13-7-1)8-11-5-6-12(14-11)9-3-4-9/h1-2,5-9,14H,3-4H2. The summed E-state index contributed by atoms with van der Waals surface area (Å²) >= 11 is 0. The molecule has 2 heteroatoms. The molecular formula is C12H12N2.